The lowest BCUT2D eigenvalue weighted by Crippen LogP contribution is -2.93. The Morgan fingerprint density at radius 2 is 1.44 bits per heavy atom. The third-order valence-electron chi connectivity index (χ3n) is 5.77. The lowest BCUT2D eigenvalue weighted by Gasteiger charge is -2.52. The maximum absolute atomic E-state index is 2.67. The van der Waals surface area contributed by atoms with Gasteiger partial charge in [0, 0.05) is 17.4 Å². The third kappa shape index (κ3) is 1.89. The molecule has 4 aliphatic carbocycles. The number of nitrogens with two attached hydrogens (primary N) is 1. The van der Waals surface area contributed by atoms with Crippen LogP contribution in [0.5, 0.6) is 0 Å². The van der Waals surface area contributed by atoms with Crippen LogP contribution >= 0.6 is 0 Å². The third-order valence-corrected chi connectivity index (χ3v) is 5.77. The summed E-state index contributed by atoms with van der Waals surface area (Å²) in [5.41, 5.74) is 1.49. The monoisotopic (exact) mass is 242 g/mol. The molecule has 18 heavy (non-hydrogen) atoms. The van der Waals surface area contributed by atoms with Crippen molar-refractivity contribution in [1.29, 1.82) is 0 Å². The number of benzene rings is 1. The quantitative estimate of drug-likeness (QED) is 0.839. The number of hydrogen-bond donors (Lipinski definition) is 1. The van der Waals surface area contributed by atoms with Gasteiger partial charge in [0.05, 0.1) is 6.04 Å². The highest BCUT2D eigenvalue weighted by Crippen LogP contribution is 2.52. The predicted octanol–water partition coefficient (Wildman–Crippen LogP) is 2.57. The molecule has 1 aromatic rings. The molecule has 0 spiro atoms. The summed E-state index contributed by atoms with van der Waals surface area (Å²) < 4.78 is 0. The molecule has 0 atom stereocenters. The van der Waals surface area contributed by atoms with Crippen molar-refractivity contribution < 1.29 is 5.32 Å². The van der Waals surface area contributed by atoms with Crippen molar-refractivity contribution in [2.75, 3.05) is 0 Å². The minimum absolute atomic E-state index is 0.943. The average Bonchev–Trinajstić information content (AvgIpc) is 2.38. The van der Waals surface area contributed by atoms with Crippen molar-refractivity contribution in [3.63, 3.8) is 0 Å². The molecule has 0 saturated heterocycles. The van der Waals surface area contributed by atoms with Crippen LogP contribution in [-0.2, 0) is 6.54 Å². The molecular formula is C17H24N+. The summed E-state index contributed by atoms with van der Waals surface area (Å²) in [4.78, 5) is 0. The van der Waals surface area contributed by atoms with E-state index < -0.39 is 0 Å². The van der Waals surface area contributed by atoms with E-state index in [4.69, 9.17) is 0 Å². The van der Waals surface area contributed by atoms with E-state index in [0.29, 0.717) is 0 Å². The Hall–Kier alpha value is -0.820. The molecule has 0 aliphatic heterocycles. The number of rotatable bonds is 3. The van der Waals surface area contributed by atoms with Gasteiger partial charge in [0.1, 0.15) is 6.54 Å². The second-order valence-electron chi connectivity index (χ2n) is 6.93. The summed E-state index contributed by atoms with van der Waals surface area (Å²) in [6.07, 6.45) is 7.75. The Labute approximate surface area is 110 Å². The van der Waals surface area contributed by atoms with Crippen molar-refractivity contribution in [2.24, 2.45) is 23.7 Å². The van der Waals surface area contributed by atoms with E-state index in [1.807, 2.05) is 0 Å². The molecule has 0 radical (unpaired) electrons. The molecule has 4 saturated carbocycles. The molecule has 1 nitrogen and oxygen atoms in total. The van der Waals surface area contributed by atoms with Crippen LogP contribution in [-0.4, -0.2) is 6.04 Å². The van der Waals surface area contributed by atoms with E-state index in [1.165, 1.54) is 12.1 Å². The molecule has 5 rings (SSSR count). The van der Waals surface area contributed by atoms with Gasteiger partial charge in [-0.05, 0) is 43.9 Å². The summed E-state index contributed by atoms with van der Waals surface area (Å²) in [5, 5.41) is 2.67. The summed E-state index contributed by atoms with van der Waals surface area (Å²) in [5.74, 6) is 4.30. The van der Waals surface area contributed by atoms with Gasteiger partial charge in [0.15, 0.2) is 0 Å². The van der Waals surface area contributed by atoms with E-state index in [9.17, 15) is 0 Å². The van der Waals surface area contributed by atoms with Gasteiger partial charge in [-0.1, -0.05) is 30.3 Å². The maximum Gasteiger partial charge on any atom is 0.101 e. The van der Waals surface area contributed by atoms with E-state index >= 15 is 0 Å². The van der Waals surface area contributed by atoms with Gasteiger partial charge in [0.25, 0.3) is 0 Å². The van der Waals surface area contributed by atoms with E-state index in [-0.39, 0.29) is 0 Å². The van der Waals surface area contributed by atoms with Crippen LogP contribution < -0.4 is 5.32 Å². The highest BCUT2D eigenvalue weighted by Gasteiger charge is 2.49. The second kappa shape index (κ2) is 4.38. The first-order valence-corrected chi connectivity index (χ1v) is 7.75. The normalized spacial score (nSPS) is 41.2. The molecule has 96 valence electrons. The van der Waals surface area contributed by atoms with Crippen LogP contribution in [0.15, 0.2) is 30.3 Å². The fourth-order valence-electron chi connectivity index (χ4n) is 5.24. The molecule has 4 aliphatic rings. The number of quaternary nitrogens is 1. The second-order valence-corrected chi connectivity index (χ2v) is 6.93. The van der Waals surface area contributed by atoms with Crippen LogP contribution in [0.1, 0.15) is 37.7 Å². The fourth-order valence-corrected chi connectivity index (χ4v) is 5.24. The van der Waals surface area contributed by atoms with Crippen LogP contribution in [0.3, 0.4) is 0 Å². The van der Waals surface area contributed by atoms with Gasteiger partial charge in [-0.2, -0.15) is 0 Å². The highest BCUT2D eigenvalue weighted by atomic mass is 14.9. The maximum atomic E-state index is 2.67. The van der Waals surface area contributed by atoms with Gasteiger partial charge in [-0.25, -0.2) is 0 Å². The van der Waals surface area contributed by atoms with E-state index in [1.54, 1.807) is 32.1 Å². The summed E-state index contributed by atoms with van der Waals surface area (Å²) in [7, 11) is 0. The first-order valence-electron chi connectivity index (χ1n) is 7.75. The topological polar surface area (TPSA) is 16.6 Å². The SMILES string of the molecule is c1ccc(C[NH2+]C2C3CC4CC(C3)CC2C4)cc1. The summed E-state index contributed by atoms with van der Waals surface area (Å²) in [6, 6.07) is 11.9. The first-order chi connectivity index (χ1) is 8.88. The Morgan fingerprint density at radius 3 is 2.06 bits per heavy atom. The molecule has 2 N–H and O–H groups in total. The van der Waals surface area contributed by atoms with Crippen LogP contribution in [0.25, 0.3) is 0 Å². The molecule has 4 bridgehead atoms. The summed E-state index contributed by atoms with van der Waals surface area (Å²) in [6.45, 7) is 1.19. The van der Waals surface area contributed by atoms with Gasteiger partial charge >= 0.3 is 0 Å². The van der Waals surface area contributed by atoms with Crippen molar-refractivity contribution in [3.8, 4) is 0 Å². The fraction of sp³-hybridized carbons (Fsp3) is 0.647. The Kier molecular flexibility index (Phi) is 2.69. The van der Waals surface area contributed by atoms with Gasteiger partial charge < -0.3 is 5.32 Å². The standard InChI is InChI=1S/C17H23N/c1-2-4-12(5-3-1)11-18-17-15-7-13-6-14(9-15)10-16(17)8-13/h1-5,13-18H,6-11H2/p+1. The average molecular weight is 242 g/mol. The molecule has 1 heteroatoms. The molecule has 0 amide bonds. The zero-order valence-electron chi connectivity index (χ0n) is 11.1. The van der Waals surface area contributed by atoms with E-state index in [2.05, 4.69) is 35.6 Å². The van der Waals surface area contributed by atoms with Crippen LogP contribution in [0.2, 0.25) is 0 Å². The Balaban J connectivity index is 1.43. The van der Waals surface area contributed by atoms with Gasteiger partial charge in [-0.3, -0.25) is 0 Å². The Morgan fingerprint density at radius 1 is 0.833 bits per heavy atom. The highest BCUT2D eigenvalue weighted by molar-refractivity contribution is 5.13. The van der Waals surface area contributed by atoms with Crippen LogP contribution in [0.4, 0.5) is 0 Å². The lowest BCUT2D eigenvalue weighted by atomic mass is 9.54. The molecular weight excluding hydrogens is 218 g/mol. The van der Waals surface area contributed by atoms with Crippen molar-refractivity contribution in [2.45, 2.75) is 44.7 Å². The summed E-state index contributed by atoms with van der Waals surface area (Å²) >= 11 is 0. The molecule has 0 aromatic heterocycles. The largest absolute Gasteiger partial charge is 0.340 e. The van der Waals surface area contributed by atoms with Gasteiger partial charge in [0.2, 0.25) is 0 Å². The first kappa shape index (κ1) is 11.0. The van der Waals surface area contributed by atoms with Crippen molar-refractivity contribution in [1.82, 2.24) is 0 Å². The van der Waals surface area contributed by atoms with Gasteiger partial charge in [-0.15, -0.1) is 0 Å². The minimum atomic E-state index is 0.943. The van der Waals surface area contributed by atoms with Crippen molar-refractivity contribution in [3.05, 3.63) is 35.9 Å². The Bertz CT molecular complexity index is 383. The predicted molar refractivity (Wildman–Crippen MR) is 72.9 cm³/mol. The van der Waals surface area contributed by atoms with E-state index in [0.717, 1.165) is 29.7 Å². The van der Waals surface area contributed by atoms with Crippen LogP contribution in [0, 0.1) is 23.7 Å². The smallest absolute Gasteiger partial charge is 0.101 e. The molecule has 1 aromatic carbocycles. The zero-order valence-corrected chi connectivity index (χ0v) is 11.1. The lowest BCUT2D eigenvalue weighted by molar-refractivity contribution is -0.723. The minimum Gasteiger partial charge on any atom is -0.340 e. The molecule has 4 fully saturated rings. The molecule has 0 heterocycles. The molecule has 0 unspecified atom stereocenters. The number of hydrogen-bond acceptors (Lipinski definition) is 0. The zero-order chi connectivity index (χ0) is 11.9. The van der Waals surface area contributed by atoms with Crippen molar-refractivity contribution >= 4 is 0 Å².